The van der Waals surface area contributed by atoms with Crippen molar-refractivity contribution in [1.29, 1.82) is 0 Å². The Morgan fingerprint density at radius 2 is 1.85 bits per heavy atom. The van der Waals surface area contributed by atoms with E-state index in [4.69, 9.17) is 17.3 Å². The average molecular weight is 392 g/mol. The van der Waals surface area contributed by atoms with Crippen LogP contribution in [0.5, 0.6) is 5.88 Å². The molecule has 12 heteroatoms. The van der Waals surface area contributed by atoms with Gasteiger partial charge in [0, 0.05) is 12.3 Å². The van der Waals surface area contributed by atoms with Crippen LogP contribution < -0.4 is 4.74 Å². The number of aliphatic hydroxyl groups is 3. The van der Waals surface area contributed by atoms with Crippen LogP contribution in [0.2, 0.25) is 0 Å². The number of nitrogens with zero attached hydrogens (tertiary/aromatic N) is 2. The Kier molecular flexibility index (Phi) is 5.09. The van der Waals surface area contributed by atoms with Gasteiger partial charge >= 0.3 is 12.3 Å². The minimum Gasteiger partial charge on any atom is -0.474 e. The molecule has 150 valence electrons. The Bertz CT molecular complexity index is 707. The molecule has 3 N–H and O–H groups in total. The summed E-state index contributed by atoms with van der Waals surface area (Å²) in [6.07, 6.45) is -5.87. The standard InChI is InChI=1S/C15H20BF3N2O6/c1-11(2,3)27-10(22)21-7-4-9(20-21)26-8-13(16,23)14(24,25)12(5-6-12)15(17,18)19/h4,7,23-25H,5-6,8H2,1-3H3. The number of aromatic nitrogens is 2. The maximum atomic E-state index is 13.1. The second-order valence-electron chi connectivity index (χ2n) is 7.54. The van der Waals surface area contributed by atoms with Crippen molar-refractivity contribution in [3.8, 4) is 5.88 Å². The van der Waals surface area contributed by atoms with Gasteiger partial charge in [-0.2, -0.15) is 17.9 Å². The number of ether oxygens (including phenoxy) is 2. The Morgan fingerprint density at radius 3 is 2.30 bits per heavy atom. The number of carbonyl (C=O) groups is 1. The highest BCUT2D eigenvalue weighted by atomic mass is 19.4. The van der Waals surface area contributed by atoms with E-state index in [2.05, 4.69) is 5.10 Å². The summed E-state index contributed by atoms with van der Waals surface area (Å²) in [5.74, 6) is -3.98. The van der Waals surface area contributed by atoms with E-state index in [9.17, 15) is 33.3 Å². The van der Waals surface area contributed by atoms with Crippen molar-refractivity contribution < 1.29 is 42.8 Å². The van der Waals surface area contributed by atoms with E-state index >= 15 is 0 Å². The van der Waals surface area contributed by atoms with Gasteiger partial charge in [0.25, 0.3) is 0 Å². The zero-order valence-electron chi connectivity index (χ0n) is 14.9. The smallest absolute Gasteiger partial charge is 0.435 e. The van der Waals surface area contributed by atoms with Crippen molar-refractivity contribution in [3.05, 3.63) is 12.3 Å². The first-order chi connectivity index (χ1) is 12.0. The van der Waals surface area contributed by atoms with Gasteiger partial charge in [0.05, 0.1) is 0 Å². The molecular weight excluding hydrogens is 372 g/mol. The number of hydrogen-bond donors (Lipinski definition) is 3. The lowest BCUT2D eigenvalue weighted by atomic mass is 9.68. The largest absolute Gasteiger partial charge is 0.474 e. The van der Waals surface area contributed by atoms with Gasteiger partial charge in [-0.05, 0) is 33.6 Å². The summed E-state index contributed by atoms with van der Waals surface area (Å²) in [5.41, 5.74) is -6.89. The molecule has 8 nitrogen and oxygen atoms in total. The third kappa shape index (κ3) is 4.07. The molecule has 1 heterocycles. The Labute approximate surface area is 154 Å². The summed E-state index contributed by atoms with van der Waals surface area (Å²) in [6, 6.07) is 1.16. The molecule has 1 saturated carbocycles. The number of hydrogen-bond acceptors (Lipinski definition) is 7. The zero-order valence-corrected chi connectivity index (χ0v) is 14.9. The van der Waals surface area contributed by atoms with Gasteiger partial charge in [-0.15, -0.1) is 5.10 Å². The Hall–Kier alpha value is -1.79. The van der Waals surface area contributed by atoms with E-state index in [0.717, 1.165) is 16.9 Å². The summed E-state index contributed by atoms with van der Waals surface area (Å²) in [4.78, 5) is 11.8. The van der Waals surface area contributed by atoms with E-state index in [-0.39, 0.29) is 5.88 Å². The van der Waals surface area contributed by atoms with Crippen molar-refractivity contribution >= 4 is 13.9 Å². The second kappa shape index (κ2) is 6.38. The van der Waals surface area contributed by atoms with E-state index in [1.165, 1.54) is 0 Å². The topological polar surface area (TPSA) is 114 Å². The molecule has 1 aliphatic carbocycles. The number of carbonyl (C=O) groups excluding carboxylic acids is 1. The zero-order chi connectivity index (χ0) is 20.9. The quantitative estimate of drug-likeness (QED) is 0.505. The molecule has 1 aromatic heterocycles. The molecule has 1 fully saturated rings. The third-order valence-electron chi connectivity index (χ3n) is 4.15. The number of rotatable bonds is 5. The van der Waals surface area contributed by atoms with Gasteiger partial charge in [0.1, 0.15) is 31.0 Å². The minimum atomic E-state index is -4.98. The molecule has 0 saturated heterocycles. The SMILES string of the molecule is [B]C(O)(COc1ccn(C(=O)OC(C)(C)C)n1)C(O)(O)C1(C(F)(F)F)CC1. The van der Waals surface area contributed by atoms with Crippen LogP contribution in [-0.4, -0.2) is 68.7 Å². The van der Waals surface area contributed by atoms with Gasteiger partial charge in [-0.1, -0.05) is 0 Å². The molecule has 27 heavy (non-hydrogen) atoms. The highest BCUT2D eigenvalue weighted by Gasteiger charge is 2.77. The Morgan fingerprint density at radius 1 is 1.30 bits per heavy atom. The average Bonchev–Trinajstić information content (AvgIpc) is 3.17. The van der Waals surface area contributed by atoms with Gasteiger partial charge in [-0.3, -0.25) is 0 Å². The molecule has 0 spiro atoms. The van der Waals surface area contributed by atoms with Crippen LogP contribution >= 0.6 is 0 Å². The summed E-state index contributed by atoms with van der Waals surface area (Å²) in [5, 5.41) is 33.6. The lowest BCUT2D eigenvalue weighted by Crippen LogP contribution is -2.66. The maximum absolute atomic E-state index is 13.1. The highest BCUT2D eigenvalue weighted by Crippen LogP contribution is 2.65. The molecule has 2 radical (unpaired) electrons. The lowest BCUT2D eigenvalue weighted by molar-refractivity contribution is -0.351. The van der Waals surface area contributed by atoms with Crippen molar-refractivity contribution in [1.82, 2.24) is 9.78 Å². The maximum Gasteiger partial charge on any atom is 0.435 e. The molecule has 1 unspecified atom stereocenters. The van der Waals surface area contributed by atoms with Crippen molar-refractivity contribution in [2.45, 2.75) is 56.7 Å². The number of halogens is 3. The van der Waals surface area contributed by atoms with Crippen LogP contribution in [0, 0.1) is 5.41 Å². The van der Waals surface area contributed by atoms with Crippen molar-refractivity contribution in [3.63, 3.8) is 0 Å². The molecule has 1 atom stereocenters. The summed E-state index contributed by atoms with van der Waals surface area (Å²) < 4.78 is 50.1. The van der Waals surface area contributed by atoms with E-state index in [1.807, 2.05) is 0 Å². The van der Waals surface area contributed by atoms with Crippen molar-refractivity contribution in [2.75, 3.05) is 6.61 Å². The van der Waals surface area contributed by atoms with Crippen LogP contribution in [0.3, 0.4) is 0 Å². The van der Waals surface area contributed by atoms with Crippen molar-refractivity contribution in [2.24, 2.45) is 5.41 Å². The van der Waals surface area contributed by atoms with Gasteiger partial charge in [0.2, 0.25) is 11.7 Å². The van der Waals surface area contributed by atoms with E-state index < -0.39 is 54.0 Å². The van der Waals surface area contributed by atoms with Crippen LogP contribution in [0.1, 0.15) is 33.6 Å². The van der Waals surface area contributed by atoms with Gasteiger partial charge in [0.15, 0.2) is 0 Å². The first kappa shape index (κ1) is 21.5. The summed E-state index contributed by atoms with van der Waals surface area (Å²) in [6.45, 7) is 3.79. The van der Waals surface area contributed by atoms with Crippen LogP contribution in [0.25, 0.3) is 0 Å². The predicted molar refractivity (Wildman–Crippen MR) is 84.9 cm³/mol. The van der Waals surface area contributed by atoms with Gasteiger partial charge in [-0.25, -0.2) is 4.79 Å². The lowest BCUT2D eigenvalue weighted by Gasteiger charge is -2.43. The van der Waals surface area contributed by atoms with Crippen LogP contribution in [0.4, 0.5) is 18.0 Å². The fourth-order valence-electron chi connectivity index (χ4n) is 2.45. The molecule has 2 rings (SSSR count). The van der Waals surface area contributed by atoms with E-state index in [0.29, 0.717) is 0 Å². The second-order valence-corrected chi connectivity index (χ2v) is 7.54. The van der Waals surface area contributed by atoms with Gasteiger partial charge < -0.3 is 24.8 Å². The first-order valence-corrected chi connectivity index (χ1v) is 7.97. The first-order valence-electron chi connectivity index (χ1n) is 7.97. The predicted octanol–water partition coefficient (Wildman–Crippen LogP) is 0.926. The molecule has 1 aliphatic rings. The van der Waals surface area contributed by atoms with Crippen LogP contribution in [0.15, 0.2) is 12.3 Å². The molecule has 1 aromatic rings. The molecule has 0 bridgehead atoms. The highest BCUT2D eigenvalue weighted by molar-refractivity contribution is 6.15. The molecule has 0 amide bonds. The molecule has 0 aromatic carbocycles. The van der Waals surface area contributed by atoms with E-state index in [1.54, 1.807) is 20.8 Å². The normalized spacial score (nSPS) is 19.3. The molecule has 0 aliphatic heterocycles. The Balaban J connectivity index is 2.07. The monoisotopic (exact) mass is 392 g/mol. The summed E-state index contributed by atoms with van der Waals surface area (Å²) >= 11 is 0. The molecular formula is C15H20BF3N2O6. The summed E-state index contributed by atoms with van der Waals surface area (Å²) in [7, 11) is 5.32. The van der Waals surface area contributed by atoms with Crippen LogP contribution in [-0.2, 0) is 4.74 Å². The number of alkyl halides is 3. The fourth-order valence-corrected chi connectivity index (χ4v) is 2.45. The fraction of sp³-hybridized carbons (Fsp3) is 0.733. The minimum absolute atomic E-state index is 0.294. The third-order valence-corrected chi connectivity index (χ3v) is 4.15.